The van der Waals surface area contributed by atoms with Crippen molar-refractivity contribution in [1.29, 1.82) is 0 Å². The monoisotopic (exact) mass is 381 g/mol. The summed E-state index contributed by atoms with van der Waals surface area (Å²) in [5.74, 6) is 0.689. The lowest BCUT2D eigenvalue weighted by molar-refractivity contribution is -0.120. The minimum Gasteiger partial charge on any atom is -0.353 e. The van der Waals surface area contributed by atoms with Gasteiger partial charge in [-0.25, -0.2) is 0 Å². The summed E-state index contributed by atoms with van der Waals surface area (Å²) in [4.78, 5) is 16.5. The highest BCUT2D eigenvalue weighted by Gasteiger charge is 2.22. The first-order chi connectivity index (χ1) is 13.0. The zero-order valence-electron chi connectivity index (χ0n) is 15.9. The molecule has 140 valence electrons. The Morgan fingerprint density at radius 2 is 1.89 bits per heavy atom. The zero-order valence-corrected chi connectivity index (χ0v) is 16.7. The van der Waals surface area contributed by atoms with E-state index in [0.717, 1.165) is 16.8 Å². The summed E-state index contributed by atoms with van der Waals surface area (Å²) in [6, 6.07) is 12.0. The molecule has 6 nitrogen and oxygen atoms in total. The van der Waals surface area contributed by atoms with Crippen molar-refractivity contribution in [2.24, 2.45) is 0 Å². The normalized spacial score (nSPS) is 12.2. The van der Waals surface area contributed by atoms with Gasteiger partial charge in [-0.05, 0) is 51.5 Å². The lowest BCUT2D eigenvalue weighted by Gasteiger charge is -2.16. The van der Waals surface area contributed by atoms with Crippen LogP contribution < -0.4 is 5.32 Å². The van der Waals surface area contributed by atoms with Gasteiger partial charge in [0, 0.05) is 24.0 Å². The molecule has 0 spiro atoms. The van der Waals surface area contributed by atoms with Gasteiger partial charge in [-0.1, -0.05) is 30.0 Å². The van der Waals surface area contributed by atoms with Gasteiger partial charge < -0.3 is 5.32 Å². The Morgan fingerprint density at radius 1 is 1.11 bits per heavy atom. The van der Waals surface area contributed by atoms with Crippen LogP contribution in [-0.4, -0.2) is 36.9 Å². The lowest BCUT2D eigenvalue weighted by atomic mass is 10.2. The summed E-state index contributed by atoms with van der Waals surface area (Å²) in [7, 11) is 0. The van der Waals surface area contributed by atoms with Crippen molar-refractivity contribution in [3.63, 3.8) is 0 Å². The fraction of sp³-hybridized carbons (Fsp3) is 0.300. The SMILES string of the molecule is Cc1ccccc1-n1c(SC(C)C(=O)NC(C)C)nnc1-c1cccnc1. The molecule has 7 heteroatoms. The van der Waals surface area contributed by atoms with Crippen LogP contribution in [0.15, 0.2) is 53.9 Å². The number of rotatable bonds is 6. The van der Waals surface area contributed by atoms with Gasteiger partial charge in [0.05, 0.1) is 10.9 Å². The minimum absolute atomic E-state index is 0.0164. The van der Waals surface area contributed by atoms with Gasteiger partial charge in [-0.15, -0.1) is 10.2 Å². The molecule has 1 unspecified atom stereocenters. The number of hydrogen-bond acceptors (Lipinski definition) is 5. The van der Waals surface area contributed by atoms with Crippen molar-refractivity contribution in [2.75, 3.05) is 0 Å². The highest BCUT2D eigenvalue weighted by Crippen LogP contribution is 2.31. The number of benzene rings is 1. The summed E-state index contributed by atoms with van der Waals surface area (Å²) in [6.45, 7) is 7.83. The smallest absolute Gasteiger partial charge is 0.233 e. The molecular weight excluding hydrogens is 358 g/mol. The van der Waals surface area contributed by atoms with E-state index < -0.39 is 0 Å². The van der Waals surface area contributed by atoms with Crippen molar-refractivity contribution in [2.45, 2.75) is 44.1 Å². The summed E-state index contributed by atoms with van der Waals surface area (Å²) in [5, 5.41) is 12.1. The number of hydrogen-bond donors (Lipinski definition) is 1. The minimum atomic E-state index is -0.291. The first-order valence-electron chi connectivity index (χ1n) is 8.86. The van der Waals surface area contributed by atoms with Crippen LogP contribution in [-0.2, 0) is 4.79 Å². The number of carbonyl (C=O) groups excluding carboxylic acids is 1. The van der Waals surface area contributed by atoms with E-state index >= 15 is 0 Å². The number of pyridine rings is 1. The Kier molecular flexibility index (Phi) is 5.91. The second-order valence-electron chi connectivity index (χ2n) is 6.59. The van der Waals surface area contributed by atoms with Crippen LogP contribution in [0.3, 0.4) is 0 Å². The molecule has 1 aromatic carbocycles. The quantitative estimate of drug-likeness (QED) is 0.660. The maximum atomic E-state index is 12.3. The number of thioether (sulfide) groups is 1. The van der Waals surface area contributed by atoms with Crippen molar-refractivity contribution in [3.05, 3.63) is 54.4 Å². The van der Waals surface area contributed by atoms with Gasteiger partial charge >= 0.3 is 0 Å². The Hall–Kier alpha value is -2.67. The number of para-hydroxylation sites is 1. The topological polar surface area (TPSA) is 72.7 Å². The number of nitrogens with zero attached hydrogens (tertiary/aromatic N) is 4. The first-order valence-corrected chi connectivity index (χ1v) is 9.74. The summed E-state index contributed by atoms with van der Waals surface area (Å²) in [6.07, 6.45) is 3.49. The van der Waals surface area contributed by atoms with Crippen LogP contribution in [0.1, 0.15) is 26.3 Å². The molecule has 3 rings (SSSR count). The second-order valence-corrected chi connectivity index (χ2v) is 7.90. The molecule has 2 heterocycles. The third-order valence-corrected chi connectivity index (χ3v) is 5.03. The molecular formula is C20H23N5OS. The number of nitrogens with one attached hydrogen (secondary N) is 1. The molecule has 0 fully saturated rings. The molecule has 0 aliphatic rings. The third-order valence-electron chi connectivity index (χ3n) is 3.99. The molecule has 2 aromatic heterocycles. The van der Waals surface area contributed by atoms with Crippen molar-refractivity contribution in [1.82, 2.24) is 25.1 Å². The Labute approximate surface area is 163 Å². The fourth-order valence-electron chi connectivity index (χ4n) is 2.67. The van der Waals surface area contributed by atoms with Crippen LogP contribution >= 0.6 is 11.8 Å². The molecule has 0 radical (unpaired) electrons. The molecule has 0 aliphatic carbocycles. The molecule has 27 heavy (non-hydrogen) atoms. The van der Waals surface area contributed by atoms with Gasteiger partial charge in [0.25, 0.3) is 0 Å². The van der Waals surface area contributed by atoms with E-state index in [4.69, 9.17) is 0 Å². The standard InChI is InChI=1S/C20H23N5OS/c1-13(2)22-19(26)15(4)27-20-24-23-18(16-9-7-11-21-12-16)25(20)17-10-6-5-8-14(17)3/h5-13,15H,1-4H3,(H,22,26). The van der Waals surface area contributed by atoms with E-state index in [9.17, 15) is 4.79 Å². The zero-order chi connectivity index (χ0) is 19.4. The van der Waals surface area contributed by atoms with Crippen molar-refractivity contribution < 1.29 is 4.79 Å². The Morgan fingerprint density at radius 3 is 2.56 bits per heavy atom. The van der Waals surface area contributed by atoms with E-state index in [1.807, 2.05) is 68.7 Å². The van der Waals surface area contributed by atoms with Crippen LogP contribution in [0.4, 0.5) is 0 Å². The molecule has 1 amide bonds. The molecule has 0 aliphatic heterocycles. The van der Waals surface area contributed by atoms with E-state index in [1.54, 1.807) is 12.4 Å². The Bertz CT molecular complexity index is 923. The van der Waals surface area contributed by atoms with Crippen LogP contribution in [0.25, 0.3) is 17.1 Å². The van der Waals surface area contributed by atoms with Crippen molar-refractivity contribution in [3.8, 4) is 17.1 Å². The predicted octanol–water partition coefficient (Wildman–Crippen LogP) is 3.64. The fourth-order valence-corrected chi connectivity index (χ4v) is 3.54. The van der Waals surface area contributed by atoms with Crippen LogP contribution in [0.2, 0.25) is 0 Å². The van der Waals surface area contributed by atoms with E-state index in [0.29, 0.717) is 11.0 Å². The number of amides is 1. The summed E-state index contributed by atoms with van der Waals surface area (Å²) in [5.41, 5.74) is 2.96. The predicted molar refractivity (Wildman–Crippen MR) is 108 cm³/mol. The average Bonchev–Trinajstić information content (AvgIpc) is 3.05. The number of aromatic nitrogens is 4. The highest BCUT2D eigenvalue weighted by atomic mass is 32.2. The van der Waals surface area contributed by atoms with Gasteiger partial charge in [-0.3, -0.25) is 14.3 Å². The summed E-state index contributed by atoms with van der Waals surface area (Å²) >= 11 is 1.40. The van der Waals surface area contributed by atoms with Gasteiger partial charge in [0.1, 0.15) is 0 Å². The number of aryl methyl sites for hydroxylation is 1. The average molecular weight is 382 g/mol. The lowest BCUT2D eigenvalue weighted by Crippen LogP contribution is -2.36. The van der Waals surface area contributed by atoms with Crippen molar-refractivity contribution >= 4 is 17.7 Å². The molecule has 0 saturated carbocycles. The Balaban J connectivity index is 2.04. The van der Waals surface area contributed by atoms with Gasteiger partial charge in [-0.2, -0.15) is 0 Å². The number of carbonyl (C=O) groups is 1. The maximum Gasteiger partial charge on any atom is 0.233 e. The molecule has 1 atom stereocenters. The molecule has 3 aromatic rings. The maximum absolute atomic E-state index is 12.3. The molecule has 1 N–H and O–H groups in total. The van der Waals surface area contributed by atoms with E-state index in [-0.39, 0.29) is 17.2 Å². The van der Waals surface area contributed by atoms with Gasteiger partial charge in [0.15, 0.2) is 11.0 Å². The third kappa shape index (κ3) is 4.36. The van der Waals surface area contributed by atoms with E-state index in [1.165, 1.54) is 11.8 Å². The first kappa shape index (κ1) is 19.1. The van der Waals surface area contributed by atoms with Crippen LogP contribution in [0.5, 0.6) is 0 Å². The second kappa shape index (κ2) is 8.35. The van der Waals surface area contributed by atoms with E-state index in [2.05, 4.69) is 20.5 Å². The largest absolute Gasteiger partial charge is 0.353 e. The highest BCUT2D eigenvalue weighted by molar-refractivity contribution is 8.00. The van der Waals surface area contributed by atoms with Gasteiger partial charge in [0.2, 0.25) is 5.91 Å². The van der Waals surface area contributed by atoms with Crippen LogP contribution in [0, 0.1) is 6.92 Å². The summed E-state index contributed by atoms with van der Waals surface area (Å²) < 4.78 is 2.00. The molecule has 0 saturated heterocycles. The molecule has 0 bridgehead atoms.